The van der Waals surface area contributed by atoms with Gasteiger partial charge in [-0.3, -0.25) is 4.79 Å². The molecule has 0 aliphatic heterocycles. The molecule has 0 unspecified atom stereocenters. The number of hydrogen-bond acceptors (Lipinski definition) is 5. The van der Waals surface area contributed by atoms with Crippen molar-refractivity contribution in [2.75, 3.05) is 33.0 Å². The molecule has 0 spiro atoms. The van der Waals surface area contributed by atoms with Crippen molar-refractivity contribution in [1.82, 2.24) is 9.62 Å². The molecule has 9 heteroatoms. The first-order valence-corrected chi connectivity index (χ1v) is 11.5. The van der Waals surface area contributed by atoms with Crippen LogP contribution < -0.4 is 10.1 Å². The van der Waals surface area contributed by atoms with E-state index in [1.54, 1.807) is 24.3 Å². The van der Waals surface area contributed by atoms with Crippen molar-refractivity contribution < 1.29 is 17.9 Å². The van der Waals surface area contributed by atoms with E-state index in [4.69, 9.17) is 16.3 Å². The van der Waals surface area contributed by atoms with Crippen LogP contribution in [0, 0.1) is 6.92 Å². The number of halogens is 1. The zero-order chi connectivity index (χ0) is 20.7. The largest absolute Gasteiger partial charge is 0.492 e. The molecule has 2 rings (SSSR count). The first-order chi connectivity index (χ1) is 13.2. The monoisotopic (exact) mass is 442 g/mol. The number of carbonyl (C=O) groups is 1. The lowest BCUT2D eigenvalue weighted by atomic mass is 10.2. The van der Waals surface area contributed by atoms with Crippen LogP contribution >= 0.6 is 23.4 Å². The average Bonchev–Trinajstić information content (AvgIpc) is 2.67. The second kappa shape index (κ2) is 10.2. The summed E-state index contributed by atoms with van der Waals surface area (Å²) in [5.74, 6) is 0.204. The molecular formula is C19H23ClN2O4S2. The Morgan fingerprint density at radius 3 is 2.50 bits per heavy atom. The summed E-state index contributed by atoms with van der Waals surface area (Å²) in [6, 6.07) is 11.9. The molecular weight excluding hydrogens is 420 g/mol. The third kappa shape index (κ3) is 6.13. The van der Waals surface area contributed by atoms with E-state index < -0.39 is 15.9 Å². The second-order valence-electron chi connectivity index (χ2n) is 6.05. The van der Waals surface area contributed by atoms with E-state index in [2.05, 4.69) is 5.32 Å². The molecule has 0 fully saturated rings. The van der Waals surface area contributed by atoms with Gasteiger partial charge in [0.25, 0.3) is 0 Å². The second-order valence-corrected chi connectivity index (χ2v) is 9.38. The van der Waals surface area contributed by atoms with E-state index in [1.165, 1.54) is 30.9 Å². The van der Waals surface area contributed by atoms with E-state index in [0.29, 0.717) is 10.8 Å². The van der Waals surface area contributed by atoms with E-state index >= 15 is 0 Å². The Labute approximate surface area is 175 Å². The van der Waals surface area contributed by atoms with Crippen molar-refractivity contribution in [3.8, 4) is 5.75 Å². The number of sulfonamides is 1. The van der Waals surface area contributed by atoms with Gasteiger partial charge in [-0.1, -0.05) is 17.7 Å². The minimum atomic E-state index is -3.72. The molecule has 0 saturated heterocycles. The fourth-order valence-corrected chi connectivity index (χ4v) is 4.00. The number of thioether (sulfide) groups is 1. The fourth-order valence-electron chi connectivity index (χ4n) is 2.29. The summed E-state index contributed by atoms with van der Waals surface area (Å²) >= 11 is 7.56. The first kappa shape index (κ1) is 22.5. The molecule has 152 valence electrons. The molecule has 0 aromatic heterocycles. The zero-order valence-electron chi connectivity index (χ0n) is 15.9. The summed E-state index contributed by atoms with van der Waals surface area (Å²) in [6.45, 7) is 2.12. The van der Waals surface area contributed by atoms with Crippen molar-refractivity contribution in [3.05, 3.63) is 53.1 Å². The third-order valence-corrected chi connectivity index (χ3v) is 6.94. The lowest BCUT2D eigenvalue weighted by molar-refractivity contribution is -0.121. The molecule has 1 amide bonds. The van der Waals surface area contributed by atoms with E-state index in [0.717, 1.165) is 14.8 Å². The average molecular weight is 443 g/mol. The summed E-state index contributed by atoms with van der Waals surface area (Å²) in [5, 5.41) is 3.26. The summed E-state index contributed by atoms with van der Waals surface area (Å²) in [5.41, 5.74) is 0.953. The quantitative estimate of drug-likeness (QED) is 0.476. The number of hydrogen-bond donors (Lipinski definition) is 1. The van der Waals surface area contributed by atoms with Gasteiger partial charge in [-0.05, 0) is 55.1 Å². The molecule has 0 aliphatic carbocycles. The number of ether oxygens (including phenoxy) is 1. The standard InChI is InChI=1S/C19H23ClN2O4S2/c1-14-4-5-15(12-18(14)20)26-11-10-21-19(23)13-22(2)28(24,25)17-8-6-16(27-3)7-9-17/h4-9,12H,10-11,13H2,1-3H3,(H,21,23). The van der Waals surface area contributed by atoms with Crippen LogP contribution in [-0.2, 0) is 14.8 Å². The van der Waals surface area contributed by atoms with Crippen LogP contribution in [0.5, 0.6) is 5.75 Å². The predicted octanol–water partition coefficient (Wildman–Crippen LogP) is 3.19. The number of benzene rings is 2. The SMILES string of the molecule is CSc1ccc(S(=O)(=O)N(C)CC(=O)NCCOc2ccc(C)c(Cl)c2)cc1. The zero-order valence-corrected chi connectivity index (χ0v) is 18.3. The Morgan fingerprint density at radius 1 is 1.21 bits per heavy atom. The minimum absolute atomic E-state index is 0.153. The van der Waals surface area contributed by atoms with E-state index in [-0.39, 0.29) is 24.6 Å². The van der Waals surface area contributed by atoms with Crippen molar-refractivity contribution >= 4 is 39.3 Å². The van der Waals surface area contributed by atoms with Gasteiger partial charge in [-0.25, -0.2) is 8.42 Å². The van der Waals surface area contributed by atoms with Crippen LogP contribution in [0.15, 0.2) is 52.3 Å². The first-order valence-electron chi connectivity index (χ1n) is 8.50. The molecule has 2 aromatic rings. The molecule has 0 atom stereocenters. The highest BCUT2D eigenvalue weighted by atomic mass is 35.5. The predicted molar refractivity (Wildman–Crippen MR) is 113 cm³/mol. The lowest BCUT2D eigenvalue weighted by Gasteiger charge is -2.17. The molecule has 6 nitrogen and oxygen atoms in total. The Kier molecular flexibility index (Phi) is 8.18. The van der Waals surface area contributed by atoms with Crippen LogP contribution in [0.4, 0.5) is 0 Å². The Balaban J connectivity index is 1.81. The van der Waals surface area contributed by atoms with Crippen LogP contribution in [0.3, 0.4) is 0 Å². The minimum Gasteiger partial charge on any atom is -0.492 e. The van der Waals surface area contributed by atoms with E-state index in [9.17, 15) is 13.2 Å². The maximum atomic E-state index is 12.5. The van der Waals surface area contributed by atoms with Gasteiger partial charge in [0.05, 0.1) is 18.0 Å². The molecule has 0 heterocycles. The molecule has 0 radical (unpaired) electrons. The van der Waals surface area contributed by atoms with Gasteiger partial charge in [-0.15, -0.1) is 11.8 Å². The number of nitrogens with one attached hydrogen (secondary N) is 1. The maximum Gasteiger partial charge on any atom is 0.243 e. The highest BCUT2D eigenvalue weighted by molar-refractivity contribution is 7.98. The Hall–Kier alpha value is -1.74. The molecule has 0 saturated carbocycles. The maximum absolute atomic E-state index is 12.5. The van der Waals surface area contributed by atoms with Gasteiger partial charge in [0.2, 0.25) is 15.9 Å². The summed E-state index contributed by atoms with van der Waals surface area (Å²) in [4.78, 5) is 13.2. The molecule has 0 aliphatic rings. The number of likely N-dealkylation sites (N-methyl/N-ethyl adjacent to an activating group) is 1. The van der Waals surface area contributed by atoms with Crippen molar-refractivity contribution in [2.45, 2.75) is 16.7 Å². The summed E-state index contributed by atoms with van der Waals surface area (Å²) in [6.07, 6.45) is 1.91. The van der Waals surface area contributed by atoms with Crippen molar-refractivity contribution in [3.63, 3.8) is 0 Å². The molecule has 0 bridgehead atoms. The number of rotatable bonds is 9. The summed E-state index contributed by atoms with van der Waals surface area (Å²) < 4.78 is 31.6. The van der Waals surface area contributed by atoms with Crippen LogP contribution in [0.2, 0.25) is 5.02 Å². The van der Waals surface area contributed by atoms with Crippen molar-refractivity contribution in [1.29, 1.82) is 0 Å². The fraction of sp³-hybridized carbons (Fsp3) is 0.316. The highest BCUT2D eigenvalue weighted by Crippen LogP contribution is 2.21. The van der Waals surface area contributed by atoms with Gasteiger partial charge >= 0.3 is 0 Å². The van der Waals surface area contributed by atoms with Gasteiger partial charge in [0.15, 0.2) is 0 Å². The topological polar surface area (TPSA) is 75.7 Å². The van der Waals surface area contributed by atoms with Gasteiger partial charge in [0, 0.05) is 17.0 Å². The smallest absolute Gasteiger partial charge is 0.243 e. The van der Waals surface area contributed by atoms with Gasteiger partial charge in [0.1, 0.15) is 12.4 Å². The molecule has 2 aromatic carbocycles. The Morgan fingerprint density at radius 2 is 1.89 bits per heavy atom. The summed E-state index contributed by atoms with van der Waals surface area (Å²) in [7, 11) is -2.35. The lowest BCUT2D eigenvalue weighted by Crippen LogP contribution is -2.39. The molecule has 28 heavy (non-hydrogen) atoms. The van der Waals surface area contributed by atoms with Crippen molar-refractivity contribution in [2.24, 2.45) is 0 Å². The molecule has 1 N–H and O–H groups in total. The number of aryl methyl sites for hydroxylation is 1. The van der Waals surface area contributed by atoms with Crippen LogP contribution in [0.1, 0.15) is 5.56 Å². The number of carbonyl (C=O) groups excluding carboxylic acids is 1. The normalized spacial score (nSPS) is 11.5. The third-order valence-electron chi connectivity index (χ3n) is 3.97. The number of nitrogens with zero attached hydrogens (tertiary/aromatic N) is 1. The van der Waals surface area contributed by atoms with Crippen LogP contribution in [0.25, 0.3) is 0 Å². The van der Waals surface area contributed by atoms with E-state index in [1.807, 2.05) is 19.2 Å². The van der Waals surface area contributed by atoms with Gasteiger partial charge in [-0.2, -0.15) is 4.31 Å². The van der Waals surface area contributed by atoms with Gasteiger partial charge < -0.3 is 10.1 Å². The number of amides is 1. The highest BCUT2D eigenvalue weighted by Gasteiger charge is 2.22. The Bertz CT molecular complexity index is 918. The van der Waals surface area contributed by atoms with Crippen LogP contribution in [-0.4, -0.2) is 51.6 Å².